The molecule has 0 spiro atoms. The lowest BCUT2D eigenvalue weighted by Crippen LogP contribution is -2.22. The Hall–Kier alpha value is -1.97. The summed E-state index contributed by atoms with van der Waals surface area (Å²) < 4.78 is 10.5. The number of aliphatic imine (C=N–C) groups is 1. The Kier molecular flexibility index (Phi) is 4.23. The molecule has 96 valence electrons. The summed E-state index contributed by atoms with van der Waals surface area (Å²) in [5, 5.41) is 3.29. The Morgan fingerprint density at radius 2 is 2.17 bits per heavy atom. The molecule has 0 saturated heterocycles. The molecular formula is C14H18N2O2. The molecule has 0 radical (unpaired) electrons. The predicted molar refractivity (Wildman–Crippen MR) is 72.4 cm³/mol. The second kappa shape index (κ2) is 6.10. The van der Waals surface area contributed by atoms with Crippen LogP contribution >= 0.6 is 0 Å². The van der Waals surface area contributed by atoms with Crippen LogP contribution in [0.2, 0.25) is 0 Å². The molecule has 4 nitrogen and oxygen atoms in total. The van der Waals surface area contributed by atoms with Gasteiger partial charge in [-0.3, -0.25) is 4.99 Å². The van der Waals surface area contributed by atoms with E-state index in [4.69, 9.17) is 9.47 Å². The molecule has 18 heavy (non-hydrogen) atoms. The van der Waals surface area contributed by atoms with Gasteiger partial charge < -0.3 is 14.8 Å². The van der Waals surface area contributed by atoms with Crippen LogP contribution in [0.1, 0.15) is 12.0 Å². The molecule has 0 unspecified atom stereocenters. The zero-order chi connectivity index (χ0) is 12.8. The maximum atomic E-state index is 5.35. The van der Waals surface area contributed by atoms with E-state index in [2.05, 4.69) is 16.4 Å². The lowest BCUT2D eigenvalue weighted by molar-refractivity contribution is 0.390. The van der Waals surface area contributed by atoms with Crippen LogP contribution in [0.3, 0.4) is 0 Å². The van der Waals surface area contributed by atoms with Crippen molar-refractivity contribution in [2.24, 2.45) is 4.99 Å². The summed E-state index contributed by atoms with van der Waals surface area (Å²) in [5.74, 6) is 2.55. The first-order valence-electron chi connectivity index (χ1n) is 5.99. The fourth-order valence-corrected chi connectivity index (χ4v) is 1.81. The van der Waals surface area contributed by atoms with E-state index in [0.29, 0.717) is 6.54 Å². The lowest BCUT2D eigenvalue weighted by Gasteiger charge is -2.13. The van der Waals surface area contributed by atoms with Gasteiger partial charge in [-0.25, -0.2) is 0 Å². The standard InChI is InChI=1S/C14H18N2O2/c1-17-12-7-6-11(13(9-12)18-2)10-16-14-5-3-4-8-15-14/h3,5-7,9H,4,8,10H2,1-2H3,(H,15,16). The van der Waals surface area contributed by atoms with Crippen LogP contribution in [0, 0.1) is 0 Å². The van der Waals surface area contributed by atoms with Crippen molar-refractivity contribution in [2.45, 2.75) is 13.0 Å². The van der Waals surface area contributed by atoms with E-state index < -0.39 is 0 Å². The monoisotopic (exact) mass is 246 g/mol. The van der Waals surface area contributed by atoms with Crippen molar-refractivity contribution in [3.8, 4) is 11.5 Å². The molecule has 2 rings (SSSR count). The molecule has 0 fully saturated rings. The molecule has 0 bridgehead atoms. The van der Waals surface area contributed by atoms with Gasteiger partial charge in [0.05, 0.1) is 14.2 Å². The van der Waals surface area contributed by atoms with E-state index in [0.717, 1.165) is 35.9 Å². The van der Waals surface area contributed by atoms with Crippen LogP contribution in [0.5, 0.6) is 11.5 Å². The Morgan fingerprint density at radius 3 is 2.83 bits per heavy atom. The fourth-order valence-electron chi connectivity index (χ4n) is 1.81. The predicted octanol–water partition coefficient (Wildman–Crippen LogP) is 2.15. The van der Waals surface area contributed by atoms with Crippen molar-refractivity contribution in [3.05, 3.63) is 35.9 Å². The van der Waals surface area contributed by atoms with Crippen molar-refractivity contribution in [3.63, 3.8) is 0 Å². The third-order valence-electron chi connectivity index (χ3n) is 2.81. The molecule has 1 aliphatic rings. The Morgan fingerprint density at radius 1 is 1.28 bits per heavy atom. The average Bonchev–Trinajstić information content (AvgIpc) is 2.46. The summed E-state index contributed by atoms with van der Waals surface area (Å²) in [6.45, 7) is 1.55. The van der Waals surface area contributed by atoms with Crippen LogP contribution in [0.15, 0.2) is 35.3 Å². The SMILES string of the molecule is COc1ccc(CNC2=NCCC=C2)c(OC)c1. The van der Waals surface area contributed by atoms with E-state index in [1.807, 2.05) is 24.3 Å². The van der Waals surface area contributed by atoms with Gasteiger partial charge in [0.25, 0.3) is 0 Å². The molecular weight excluding hydrogens is 228 g/mol. The molecule has 4 heteroatoms. The zero-order valence-corrected chi connectivity index (χ0v) is 10.8. The normalized spacial score (nSPS) is 14.0. The third kappa shape index (κ3) is 3.03. The lowest BCUT2D eigenvalue weighted by atomic mass is 10.2. The Balaban J connectivity index is 2.04. The van der Waals surface area contributed by atoms with Crippen LogP contribution in [-0.2, 0) is 6.54 Å². The van der Waals surface area contributed by atoms with Gasteiger partial charge in [0.15, 0.2) is 0 Å². The minimum absolute atomic E-state index is 0.691. The number of hydrogen-bond acceptors (Lipinski definition) is 4. The molecule has 0 aliphatic carbocycles. The molecule has 1 aromatic rings. The van der Waals surface area contributed by atoms with Crippen molar-refractivity contribution < 1.29 is 9.47 Å². The first kappa shape index (κ1) is 12.5. The number of hydrogen-bond donors (Lipinski definition) is 1. The van der Waals surface area contributed by atoms with Gasteiger partial charge in [0.1, 0.15) is 17.3 Å². The number of nitrogens with zero attached hydrogens (tertiary/aromatic N) is 1. The van der Waals surface area contributed by atoms with Crippen LogP contribution in [0.25, 0.3) is 0 Å². The number of ether oxygens (including phenoxy) is 2. The highest BCUT2D eigenvalue weighted by Crippen LogP contribution is 2.24. The summed E-state index contributed by atoms with van der Waals surface area (Å²) >= 11 is 0. The van der Waals surface area contributed by atoms with E-state index in [1.165, 1.54) is 0 Å². The molecule has 0 saturated carbocycles. The molecule has 0 amide bonds. The van der Waals surface area contributed by atoms with Crippen LogP contribution in [0.4, 0.5) is 0 Å². The third-order valence-corrected chi connectivity index (χ3v) is 2.81. The second-order valence-electron chi connectivity index (χ2n) is 3.99. The highest BCUT2D eigenvalue weighted by atomic mass is 16.5. The Labute approximate surface area is 107 Å². The van der Waals surface area contributed by atoms with Crippen LogP contribution in [-0.4, -0.2) is 26.6 Å². The quantitative estimate of drug-likeness (QED) is 0.885. The Bertz CT molecular complexity index is 467. The minimum Gasteiger partial charge on any atom is -0.497 e. The van der Waals surface area contributed by atoms with E-state index in [1.54, 1.807) is 14.2 Å². The summed E-state index contributed by atoms with van der Waals surface area (Å²) in [5.41, 5.74) is 1.08. The second-order valence-corrected chi connectivity index (χ2v) is 3.99. The van der Waals surface area contributed by atoms with Crippen molar-refractivity contribution in [2.75, 3.05) is 20.8 Å². The minimum atomic E-state index is 0.691. The topological polar surface area (TPSA) is 42.8 Å². The highest BCUT2D eigenvalue weighted by molar-refractivity contribution is 5.93. The molecule has 1 heterocycles. The van der Waals surface area contributed by atoms with Crippen molar-refractivity contribution >= 4 is 5.84 Å². The number of dihydropyridines is 1. The summed E-state index contributed by atoms with van der Waals surface area (Å²) in [6.07, 6.45) is 5.16. The average molecular weight is 246 g/mol. The number of rotatable bonds is 4. The molecule has 0 aromatic heterocycles. The number of benzene rings is 1. The smallest absolute Gasteiger partial charge is 0.127 e. The van der Waals surface area contributed by atoms with Gasteiger partial charge in [-0.15, -0.1) is 0 Å². The largest absolute Gasteiger partial charge is 0.497 e. The first-order valence-corrected chi connectivity index (χ1v) is 5.99. The molecule has 1 N–H and O–H groups in total. The first-order chi connectivity index (χ1) is 8.83. The maximum absolute atomic E-state index is 5.35. The van der Waals surface area contributed by atoms with E-state index in [-0.39, 0.29) is 0 Å². The molecule has 0 atom stereocenters. The molecule has 1 aliphatic heterocycles. The van der Waals surface area contributed by atoms with Gasteiger partial charge in [0.2, 0.25) is 0 Å². The van der Waals surface area contributed by atoms with E-state index in [9.17, 15) is 0 Å². The van der Waals surface area contributed by atoms with Gasteiger partial charge >= 0.3 is 0 Å². The summed E-state index contributed by atoms with van der Waals surface area (Å²) in [7, 11) is 3.31. The molecule has 1 aromatic carbocycles. The van der Waals surface area contributed by atoms with Gasteiger partial charge in [0, 0.05) is 24.7 Å². The summed E-state index contributed by atoms with van der Waals surface area (Å²) in [6, 6.07) is 5.81. The van der Waals surface area contributed by atoms with Crippen LogP contribution < -0.4 is 14.8 Å². The zero-order valence-electron chi connectivity index (χ0n) is 10.8. The highest BCUT2D eigenvalue weighted by Gasteiger charge is 2.06. The van der Waals surface area contributed by atoms with E-state index >= 15 is 0 Å². The van der Waals surface area contributed by atoms with Gasteiger partial charge in [-0.2, -0.15) is 0 Å². The van der Waals surface area contributed by atoms with Gasteiger partial charge in [-0.05, 0) is 24.6 Å². The van der Waals surface area contributed by atoms with Crippen molar-refractivity contribution in [1.29, 1.82) is 0 Å². The van der Waals surface area contributed by atoms with Gasteiger partial charge in [-0.1, -0.05) is 6.08 Å². The number of nitrogens with one attached hydrogen (secondary N) is 1. The van der Waals surface area contributed by atoms with Crippen molar-refractivity contribution in [1.82, 2.24) is 5.32 Å². The maximum Gasteiger partial charge on any atom is 0.127 e. The number of methoxy groups -OCH3 is 2. The fraction of sp³-hybridized carbons (Fsp3) is 0.357. The number of amidine groups is 1. The summed E-state index contributed by atoms with van der Waals surface area (Å²) in [4.78, 5) is 4.39.